The van der Waals surface area contributed by atoms with Crippen LogP contribution in [0.4, 0.5) is 0 Å². The Balaban J connectivity index is 2.26. The van der Waals surface area contributed by atoms with E-state index in [1.54, 1.807) is 17.1 Å². The highest BCUT2D eigenvalue weighted by Gasteiger charge is 2.17. The molecule has 2 aromatic heterocycles. The SMILES string of the molecule is Cc1ccc(-n2nnc(C#N)c2-c2cccnc2)c(C)c1. The molecule has 0 N–H and O–H groups in total. The van der Waals surface area contributed by atoms with Crippen molar-refractivity contribution >= 4 is 0 Å². The van der Waals surface area contributed by atoms with E-state index in [0.29, 0.717) is 11.4 Å². The van der Waals surface area contributed by atoms with Crippen LogP contribution >= 0.6 is 0 Å². The summed E-state index contributed by atoms with van der Waals surface area (Å²) in [6.07, 6.45) is 3.40. The zero-order valence-corrected chi connectivity index (χ0v) is 11.8. The van der Waals surface area contributed by atoms with Crippen LogP contribution in [-0.2, 0) is 0 Å². The monoisotopic (exact) mass is 275 g/mol. The average Bonchev–Trinajstić information content (AvgIpc) is 2.92. The minimum Gasteiger partial charge on any atom is -0.264 e. The smallest absolute Gasteiger partial charge is 0.191 e. The molecule has 0 radical (unpaired) electrons. The minimum atomic E-state index is 0.294. The summed E-state index contributed by atoms with van der Waals surface area (Å²) < 4.78 is 1.70. The molecule has 1 aromatic carbocycles. The van der Waals surface area contributed by atoms with E-state index in [9.17, 15) is 5.26 Å². The molecule has 0 fully saturated rings. The Hall–Kier alpha value is -3.00. The van der Waals surface area contributed by atoms with Crippen LogP contribution in [0.25, 0.3) is 16.9 Å². The van der Waals surface area contributed by atoms with Crippen LogP contribution in [0.15, 0.2) is 42.7 Å². The standard InChI is InChI=1S/C16H13N5/c1-11-5-6-15(12(2)8-11)21-16(14(9-17)19-20-21)13-4-3-7-18-10-13/h3-8,10H,1-2H3. The Morgan fingerprint density at radius 2 is 2.05 bits per heavy atom. The number of nitriles is 1. The molecule has 0 saturated carbocycles. The molecule has 0 aliphatic rings. The molecule has 0 aliphatic heterocycles. The van der Waals surface area contributed by atoms with Gasteiger partial charge in [-0.2, -0.15) is 5.26 Å². The van der Waals surface area contributed by atoms with E-state index in [1.807, 2.05) is 38.1 Å². The van der Waals surface area contributed by atoms with E-state index in [1.165, 1.54) is 5.56 Å². The lowest BCUT2D eigenvalue weighted by Gasteiger charge is -2.10. The third-order valence-corrected chi connectivity index (χ3v) is 3.29. The van der Waals surface area contributed by atoms with Gasteiger partial charge in [0.2, 0.25) is 0 Å². The summed E-state index contributed by atoms with van der Waals surface area (Å²) in [5, 5.41) is 17.4. The molecule has 0 aliphatic carbocycles. The zero-order valence-electron chi connectivity index (χ0n) is 11.8. The molecule has 0 unspecified atom stereocenters. The summed E-state index contributed by atoms with van der Waals surface area (Å²) in [4.78, 5) is 4.11. The third kappa shape index (κ3) is 2.28. The number of nitrogens with zero attached hydrogens (tertiary/aromatic N) is 5. The van der Waals surface area contributed by atoms with Gasteiger partial charge in [0.1, 0.15) is 11.8 Å². The van der Waals surface area contributed by atoms with Crippen molar-refractivity contribution < 1.29 is 0 Å². The highest BCUT2D eigenvalue weighted by atomic mass is 15.4. The van der Waals surface area contributed by atoms with Crippen LogP contribution in [0.2, 0.25) is 0 Å². The maximum Gasteiger partial charge on any atom is 0.191 e. The van der Waals surface area contributed by atoms with Crippen molar-refractivity contribution in [2.45, 2.75) is 13.8 Å². The summed E-state index contributed by atoms with van der Waals surface area (Å²) >= 11 is 0. The van der Waals surface area contributed by atoms with Gasteiger partial charge in [-0.05, 0) is 37.6 Å². The first kappa shape index (κ1) is 13.0. The molecular formula is C16H13N5. The fraction of sp³-hybridized carbons (Fsp3) is 0.125. The van der Waals surface area contributed by atoms with Crippen molar-refractivity contribution in [2.75, 3.05) is 0 Å². The number of hydrogen-bond donors (Lipinski definition) is 0. The van der Waals surface area contributed by atoms with Gasteiger partial charge >= 0.3 is 0 Å². The number of rotatable bonds is 2. The summed E-state index contributed by atoms with van der Waals surface area (Å²) in [5.74, 6) is 0. The van der Waals surface area contributed by atoms with E-state index >= 15 is 0 Å². The maximum absolute atomic E-state index is 9.27. The highest BCUT2D eigenvalue weighted by Crippen LogP contribution is 2.25. The van der Waals surface area contributed by atoms with Gasteiger partial charge in [-0.15, -0.1) is 5.10 Å². The van der Waals surface area contributed by atoms with Gasteiger partial charge in [0.25, 0.3) is 0 Å². The predicted octanol–water partition coefficient (Wildman–Crippen LogP) is 2.82. The second-order valence-electron chi connectivity index (χ2n) is 4.84. The minimum absolute atomic E-state index is 0.294. The molecule has 0 amide bonds. The molecule has 0 spiro atoms. The van der Waals surface area contributed by atoms with E-state index in [-0.39, 0.29) is 0 Å². The van der Waals surface area contributed by atoms with E-state index in [2.05, 4.69) is 27.4 Å². The quantitative estimate of drug-likeness (QED) is 0.721. The van der Waals surface area contributed by atoms with Crippen molar-refractivity contribution in [3.8, 4) is 23.0 Å². The number of hydrogen-bond acceptors (Lipinski definition) is 4. The lowest BCUT2D eigenvalue weighted by atomic mass is 10.1. The summed E-state index contributed by atoms with van der Waals surface area (Å²) in [7, 11) is 0. The van der Waals surface area contributed by atoms with E-state index < -0.39 is 0 Å². The molecule has 5 heteroatoms. The second-order valence-corrected chi connectivity index (χ2v) is 4.84. The predicted molar refractivity (Wildman–Crippen MR) is 78.8 cm³/mol. The summed E-state index contributed by atoms with van der Waals surface area (Å²) in [6.45, 7) is 4.06. The maximum atomic E-state index is 9.27. The second kappa shape index (κ2) is 5.17. The molecule has 0 bridgehead atoms. The Bertz CT molecular complexity index is 828. The molecule has 5 nitrogen and oxygen atoms in total. The van der Waals surface area contributed by atoms with Crippen LogP contribution in [0.5, 0.6) is 0 Å². The fourth-order valence-corrected chi connectivity index (χ4v) is 2.33. The van der Waals surface area contributed by atoms with E-state index in [4.69, 9.17) is 0 Å². The number of pyridine rings is 1. The van der Waals surface area contributed by atoms with Gasteiger partial charge < -0.3 is 0 Å². The van der Waals surface area contributed by atoms with Gasteiger partial charge in [0.05, 0.1) is 5.69 Å². The Morgan fingerprint density at radius 1 is 1.19 bits per heavy atom. The van der Waals surface area contributed by atoms with E-state index in [0.717, 1.165) is 16.8 Å². The van der Waals surface area contributed by atoms with Crippen LogP contribution < -0.4 is 0 Å². The van der Waals surface area contributed by atoms with Crippen molar-refractivity contribution in [1.29, 1.82) is 5.26 Å². The lowest BCUT2D eigenvalue weighted by Crippen LogP contribution is -2.02. The fourth-order valence-electron chi connectivity index (χ4n) is 2.33. The molecule has 3 aromatic rings. The van der Waals surface area contributed by atoms with Gasteiger partial charge in [0, 0.05) is 18.0 Å². The zero-order chi connectivity index (χ0) is 14.8. The molecule has 2 heterocycles. The molecule has 3 rings (SSSR count). The first-order chi connectivity index (χ1) is 10.2. The largest absolute Gasteiger partial charge is 0.264 e. The molecule has 102 valence electrons. The molecular weight excluding hydrogens is 262 g/mol. The Morgan fingerprint density at radius 3 is 2.71 bits per heavy atom. The number of aromatic nitrogens is 4. The number of aryl methyl sites for hydroxylation is 2. The van der Waals surface area contributed by atoms with Crippen molar-refractivity contribution in [3.63, 3.8) is 0 Å². The molecule has 0 atom stereocenters. The number of benzene rings is 1. The van der Waals surface area contributed by atoms with Gasteiger partial charge in [0.15, 0.2) is 5.69 Å². The highest BCUT2D eigenvalue weighted by molar-refractivity contribution is 5.66. The lowest BCUT2D eigenvalue weighted by molar-refractivity contribution is 0.801. The Labute approximate surface area is 122 Å². The van der Waals surface area contributed by atoms with Crippen molar-refractivity contribution in [3.05, 3.63) is 59.5 Å². The van der Waals surface area contributed by atoms with Gasteiger partial charge in [-0.3, -0.25) is 4.98 Å². The first-order valence-corrected chi connectivity index (χ1v) is 6.54. The molecule has 0 saturated heterocycles. The molecule has 21 heavy (non-hydrogen) atoms. The van der Waals surface area contributed by atoms with Crippen molar-refractivity contribution in [1.82, 2.24) is 20.0 Å². The van der Waals surface area contributed by atoms with Crippen LogP contribution in [-0.4, -0.2) is 20.0 Å². The first-order valence-electron chi connectivity index (χ1n) is 6.54. The summed E-state index contributed by atoms with van der Waals surface area (Å²) in [6, 6.07) is 11.9. The van der Waals surface area contributed by atoms with Crippen LogP contribution in [0.1, 0.15) is 16.8 Å². The van der Waals surface area contributed by atoms with Gasteiger partial charge in [-0.25, -0.2) is 4.68 Å². The van der Waals surface area contributed by atoms with Crippen LogP contribution in [0, 0.1) is 25.2 Å². The third-order valence-electron chi connectivity index (χ3n) is 3.29. The van der Waals surface area contributed by atoms with Crippen LogP contribution in [0.3, 0.4) is 0 Å². The normalized spacial score (nSPS) is 10.3. The average molecular weight is 275 g/mol. The van der Waals surface area contributed by atoms with Crippen molar-refractivity contribution in [2.24, 2.45) is 0 Å². The Kier molecular flexibility index (Phi) is 3.20. The topological polar surface area (TPSA) is 67.4 Å². The summed E-state index contributed by atoms with van der Waals surface area (Å²) in [5.41, 5.74) is 4.95. The van der Waals surface area contributed by atoms with Gasteiger partial charge in [-0.1, -0.05) is 22.9 Å².